The number of carbonyl (C=O) groups excluding carboxylic acids is 1. The molecule has 0 aliphatic heterocycles. The van der Waals surface area contributed by atoms with E-state index in [9.17, 15) is 4.79 Å². The molecule has 0 aliphatic carbocycles. The van der Waals surface area contributed by atoms with Crippen molar-refractivity contribution in [2.24, 2.45) is 0 Å². The molecule has 102 valence electrons. The fraction of sp³-hybridized carbons (Fsp3) is 0.417. The predicted octanol–water partition coefficient (Wildman–Crippen LogP) is 2.03. The minimum absolute atomic E-state index is 0.0393. The molecule has 0 fully saturated rings. The standard InChI is InChI=1S/C12H15N3O2S2/c1-9-11(15-19-14-9)7-18-8-12(16)13-5-4-10-3-2-6-17-10/h2-3,6H,4-5,7-8H2,1H3,(H,13,16). The molecule has 2 aromatic rings. The second-order valence-corrected chi connectivity index (χ2v) is 5.48. The Bertz CT molecular complexity index is 511. The van der Waals surface area contributed by atoms with Crippen LogP contribution in [0.5, 0.6) is 0 Å². The Labute approximate surface area is 120 Å². The van der Waals surface area contributed by atoms with Crippen LogP contribution in [0, 0.1) is 6.92 Å². The van der Waals surface area contributed by atoms with Gasteiger partial charge >= 0.3 is 0 Å². The van der Waals surface area contributed by atoms with E-state index in [0.29, 0.717) is 12.3 Å². The number of furan rings is 1. The zero-order valence-corrected chi connectivity index (χ0v) is 12.2. The molecule has 0 aromatic carbocycles. The molecule has 19 heavy (non-hydrogen) atoms. The third kappa shape index (κ3) is 4.68. The van der Waals surface area contributed by atoms with E-state index in [-0.39, 0.29) is 5.91 Å². The molecule has 1 N–H and O–H groups in total. The quantitative estimate of drug-likeness (QED) is 0.847. The highest BCUT2D eigenvalue weighted by Crippen LogP contribution is 2.13. The number of rotatable bonds is 7. The zero-order valence-electron chi connectivity index (χ0n) is 10.6. The van der Waals surface area contributed by atoms with Crippen molar-refractivity contribution in [1.82, 2.24) is 14.1 Å². The van der Waals surface area contributed by atoms with Crippen molar-refractivity contribution in [3.05, 3.63) is 35.5 Å². The molecule has 0 spiro atoms. The maximum Gasteiger partial charge on any atom is 0.230 e. The van der Waals surface area contributed by atoms with Crippen molar-refractivity contribution in [3.63, 3.8) is 0 Å². The van der Waals surface area contributed by atoms with Crippen LogP contribution < -0.4 is 5.32 Å². The highest BCUT2D eigenvalue weighted by atomic mass is 32.2. The summed E-state index contributed by atoms with van der Waals surface area (Å²) < 4.78 is 13.5. The topological polar surface area (TPSA) is 68.0 Å². The lowest BCUT2D eigenvalue weighted by Crippen LogP contribution is -2.27. The molecule has 2 aromatic heterocycles. The van der Waals surface area contributed by atoms with Crippen LogP contribution in [0.3, 0.4) is 0 Å². The van der Waals surface area contributed by atoms with Gasteiger partial charge in [0.1, 0.15) is 5.76 Å². The molecular weight excluding hydrogens is 282 g/mol. The average Bonchev–Trinajstić information content (AvgIpc) is 3.02. The smallest absolute Gasteiger partial charge is 0.230 e. The maximum absolute atomic E-state index is 11.6. The Morgan fingerprint density at radius 2 is 2.42 bits per heavy atom. The summed E-state index contributed by atoms with van der Waals surface area (Å²) in [6.07, 6.45) is 2.36. The highest BCUT2D eigenvalue weighted by molar-refractivity contribution is 7.99. The second kappa shape index (κ2) is 7.30. The van der Waals surface area contributed by atoms with Crippen LogP contribution in [-0.4, -0.2) is 27.0 Å². The van der Waals surface area contributed by atoms with Crippen molar-refractivity contribution >= 4 is 29.4 Å². The summed E-state index contributed by atoms with van der Waals surface area (Å²) in [7, 11) is 0. The van der Waals surface area contributed by atoms with Crippen LogP contribution in [-0.2, 0) is 17.0 Å². The average molecular weight is 297 g/mol. The van der Waals surface area contributed by atoms with Crippen LogP contribution >= 0.6 is 23.5 Å². The number of carbonyl (C=O) groups is 1. The van der Waals surface area contributed by atoms with E-state index in [0.717, 1.165) is 29.3 Å². The number of thioether (sulfide) groups is 1. The van der Waals surface area contributed by atoms with Crippen molar-refractivity contribution < 1.29 is 9.21 Å². The van der Waals surface area contributed by atoms with E-state index < -0.39 is 0 Å². The van der Waals surface area contributed by atoms with E-state index in [1.165, 1.54) is 11.7 Å². The van der Waals surface area contributed by atoms with Gasteiger partial charge in [0.05, 0.1) is 35.1 Å². The molecule has 2 heterocycles. The molecule has 0 aliphatic rings. The van der Waals surface area contributed by atoms with Gasteiger partial charge in [-0.1, -0.05) is 0 Å². The van der Waals surface area contributed by atoms with Gasteiger partial charge in [-0.3, -0.25) is 4.79 Å². The van der Waals surface area contributed by atoms with E-state index in [1.54, 1.807) is 18.0 Å². The first kappa shape index (κ1) is 14.1. The minimum Gasteiger partial charge on any atom is -0.469 e. The fourth-order valence-corrected chi connectivity index (χ4v) is 2.95. The number of nitrogens with one attached hydrogen (secondary N) is 1. The van der Waals surface area contributed by atoms with Gasteiger partial charge in [0.15, 0.2) is 0 Å². The first-order valence-corrected chi connectivity index (χ1v) is 7.79. The normalized spacial score (nSPS) is 10.6. The number of hydrogen-bond donors (Lipinski definition) is 1. The Morgan fingerprint density at radius 3 is 3.11 bits per heavy atom. The lowest BCUT2D eigenvalue weighted by atomic mass is 10.3. The molecule has 0 unspecified atom stereocenters. The molecule has 2 rings (SSSR count). The SMILES string of the molecule is Cc1nsnc1CSCC(=O)NCCc1ccco1. The largest absolute Gasteiger partial charge is 0.469 e. The Kier molecular flexibility index (Phi) is 5.41. The number of hydrogen-bond acceptors (Lipinski definition) is 6. The zero-order chi connectivity index (χ0) is 13.5. The Balaban J connectivity index is 1.58. The van der Waals surface area contributed by atoms with Crippen molar-refractivity contribution in [2.75, 3.05) is 12.3 Å². The highest BCUT2D eigenvalue weighted by Gasteiger charge is 2.06. The van der Waals surface area contributed by atoms with Gasteiger partial charge in [-0.05, 0) is 19.1 Å². The molecule has 0 radical (unpaired) electrons. The molecule has 0 saturated heterocycles. The first-order chi connectivity index (χ1) is 9.25. The number of nitrogens with zero attached hydrogens (tertiary/aromatic N) is 2. The van der Waals surface area contributed by atoms with E-state index >= 15 is 0 Å². The summed E-state index contributed by atoms with van der Waals surface area (Å²) in [6.45, 7) is 2.53. The minimum atomic E-state index is 0.0393. The van der Waals surface area contributed by atoms with E-state index in [4.69, 9.17) is 4.42 Å². The van der Waals surface area contributed by atoms with E-state index in [1.807, 2.05) is 19.1 Å². The molecule has 5 nitrogen and oxygen atoms in total. The van der Waals surface area contributed by atoms with E-state index in [2.05, 4.69) is 14.1 Å². The second-order valence-electron chi connectivity index (χ2n) is 3.97. The van der Waals surface area contributed by atoms with Gasteiger partial charge in [-0.2, -0.15) is 8.75 Å². The summed E-state index contributed by atoms with van der Waals surface area (Å²) in [5, 5.41) is 2.86. The molecule has 0 atom stereocenters. The summed E-state index contributed by atoms with van der Waals surface area (Å²) in [6, 6.07) is 3.75. The van der Waals surface area contributed by atoms with Crippen molar-refractivity contribution in [1.29, 1.82) is 0 Å². The van der Waals surface area contributed by atoms with Crippen molar-refractivity contribution in [3.8, 4) is 0 Å². The van der Waals surface area contributed by atoms with Gasteiger partial charge in [0, 0.05) is 18.7 Å². The summed E-state index contributed by atoms with van der Waals surface area (Å²) in [5.41, 5.74) is 1.93. The molecule has 7 heteroatoms. The summed E-state index contributed by atoms with van der Waals surface area (Å²) >= 11 is 2.76. The van der Waals surface area contributed by atoms with Gasteiger partial charge in [-0.15, -0.1) is 11.8 Å². The van der Waals surface area contributed by atoms with Crippen LogP contribution in [0.2, 0.25) is 0 Å². The summed E-state index contributed by atoms with van der Waals surface area (Å²) in [5.74, 6) is 2.10. The number of amides is 1. The van der Waals surface area contributed by atoms with Crippen molar-refractivity contribution in [2.45, 2.75) is 19.1 Å². The van der Waals surface area contributed by atoms with Gasteiger partial charge in [0.25, 0.3) is 0 Å². The third-order valence-electron chi connectivity index (χ3n) is 2.49. The predicted molar refractivity (Wildman–Crippen MR) is 76.2 cm³/mol. The van der Waals surface area contributed by atoms with Crippen LogP contribution in [0.15, 0.2) is 22.8 Å². The molecule has 1 amide bonds. The monoisotopic (exact) mass is 297 g/mol. The van der Waals surface area contributed by atoms with Gasteiger partial charge < -0.3 is 9.73 Å². The van der Waals surface area contributed by atoms with Crippen LogP contribution in [0.25, 0.3) is 0 Å². The Hall–Kier alpha value is -1.34. The fourth-order valence-electron chi connectivity index (χ4n) is 1.45. The van der Waals surface area contributed by atoms with Crippen LogP contribution in [0.1, 0.15) is 17.1 Å². The Morgan fingerprint density at radius 1 is 1.53 bits per heavy atom. The molecule has 0 saturated carbocycles. The maximum atomic E-state index is 11.6. The third-order valence-corrected chi connectivity index (χ3v) is 4.09. The van der Waals surface area contributed by atoms with Crippen LogP contribution in [0.4, 0.5) is 0 Å². The first-order valence-electron chi connectivity index (χ1n) is 5.90. The molecular formula is C12H15N3O2S2. The lowest BCUT2D eigenvalue weighted by Gasteiger charge is -2.03. The number of aryl methyl sites for hydroxylation is 1. The number of aromatic nitrogens is 2. The lowest BCUT2D eigenvalue weighted by molar-refractivity contribution is -0.118. The molecule has 0 bridgehead atoms. The van der Waals surface area contributed by atoms with Gasteiger partial charge in [-0.25, -0.2) is 0 Å². The summed E-state index contributed by atoms with van der Waals surface area (Å²) in [4.78, 5) is 11.6. The van der Waals surface area contributed by atoms with Gasteiger partial charge in [0.2, 0.25) is 5.91 Å².